The van der Waals surface area contributed by atoms with Crippen LogP contribution in [0.25, 0.3) is 0 Å². The predicted octanol–water partition coefficient (Wildman–Crippen LogP) is 1.25. The van der Waals surface area contributed by atoms with Gasteiger partial charge in [-0.3, -0.25) is 9.69 Å². The number of ether oxygens (including phenoxy) is 1. The molecule has 1 aliphatic rings. The maximum Gasteiger partial charge on any atom is 0.259 e. The number of hydrogen-bond acceptors (Lipinski definition) is 5. The van der Waals surface area contributed by atoms with Gasteiger partial charge in [-0.1, -0.05) is 13.8 Å². The lowest BCUT2D eigenvalue weighted by molar-refractivity contribution is 0.0382. The van der Waals surface area contributed by atoms with Gasteiger partial charge in [0.05, 0.1) is 7.11 Å². The van der Waals surface area contributed by atoms with Crippen molar-refractivity contribution in [3.05, 3.63) is 23.9 Å². The number of piperazine rings is 1. The van der Waals surface area contributed by atoms with Crippen molar-refractivity contribution in [1.82, 2.24) is 14.8 Å². The highest BCUT2D eigenvalue weighted by atomic mass is 16.5. The molecule has 0 aromatic carbocycles. The van der Waals surface area contributed by atoms with Crippen LogP contribution in [0.5, 0.6) is 5.88 Å². The van der Waals surface area contributed by atoms with Gasteiger partial charge in [-0.2, -0.15) is 0 Å². The van der Waals surface area contributed by atoms with E-state index in [1.54, 1.807) is 18.3 Å². The molecule has 2 rings (SSSR count). The van der Waals surface area contributed by atoms with Crippen molar-refractivity contribution in [2.75, 3.05) is 39.9 Å². The van der Waals surface area contributed by atoms with Gasteiger partial charge in [0.25, 0.3) is 5.91 Å². The predicted molar refractivity (Wildman–Crippen MR) is 88.6 cm³/mol. The fourth-order valence-electron chi connectivity index (χ4n) is 3.10. The molecule has 6 heteroatoms. The molecule has 1 fully saturated rings. The molecule has 0 unspecified atom stereocenters. The van der Waals surface area contributed by atoms with Gasteiger partial charge >= 0.3 is 0 Å². The Balaban J connectivity index is 2.10. The van der Waals surface area contributed by atoms with E-state index in [4.69, 9.17) is 4.74 Å². The summed E-state index contributed by atoms with van der Waals surface area (Å²) in [6, 6.07) is 3.69. The Labute approximate surface area is 138 Å². The van der Waals surface area contributed by atoms with E-state index in [9.17, 15) is 9.90 Å². The van der Waals surface area contributed by atoms with Crippen molar-refractivity contribution in [3.8, 4) is 5.88 Å². The van der Waals surface area contributed by atoms with Gasteiger partial charge in [0.1, 0.15) is 5.56 Å². The number of pyridine rings is 1. The first kappa shape index (κ1) is 17.7. The lowest BCUT2D eigenvalue weighted by atomic mass is 10.1. The van der Waals surface area contributed by atoms with E-state index in [1.165, 1.54) is 7.11 Å². The van der Waals surface area contributed by atoms with E-state index in [0.717, 1.165) is 13.1 Å². The number of carbonyl (C=O) groups is 1. The highest BCUT2D eigenvalue weighted by Gasteiger charge is 2.31. The van der Waals surface area contributed by atoms with E-state index in [0.29, 0.717) is 36.9 Å². The van der Waals surface area contributed by atoms with Crippen LogP contribution in [0.4, 0.5) is 0 Å². The molecule has 23 heavy (non-hydrogen) atoms. The standard InChI is InChI=1S/C17H27N3O3/c1-13(2)11-19-8-9-20(12-14(19)6-10-21)17(22)15-5-4-7-18-16(15)23-3/h4-5,7,13-14,21H,6,8-12H2,1-3H3/t14-/m1/s1. The van der Waals surface area contributed by atoms with Gasteiger partial charge in [-0.05, 0) is 24.5 Å². The third-order valence-corrected chi connectivity index (χ3v) is 4.15. The maximum atomic E-state index is 12.8. The van der Waals surface area contributed by atoms with Gasteiger partial charge in [0, 0.05) is 45.0 Å². The van der Waals surface area contributed by atoms with Crippen LogP contribution < -0.4 is 4.74 Å². The van der Waals surface area contributed by atoms with Gasteiger partial charge in [0.2, 0.25) is 5.88 Å². The van der Waals surface area contributed by atoms with E-state index in [-0.39, 0.29) is 18.6 Å². The average molecular weight is 321 g/mol. The molecule has 0 radical (unpaired) electrons. The number of methoxy groups -OCH3 is 1. The number of carbonyl (C=O) groups excluding carboxylic acids is 1. The molecule has 6 nitrogen and oxygen atoms in total. The molecular formula is C17H27N3O3. The maximum absolute atomic E-state index is 12.8. The minimum Gasteiger partial charge on any atom is -0.480 e. The minimum absolute atomic E-state index is 0.0536. The monoisotopic (exact) mass is 321 g/mol. The van der Waals surface area contributed by atoms with E-state index < -0.39 is 0 Å². The Morgan fingerprint density at radius 3 is 2.91 bits per heavy atom. The molecule has 1 amide bonds. The molecular weight excluding hydrogens is 294 g/mol. The normalized spacial score (nSPS) is 19.2. The first-order valence-electron chi connectivity index (χ1n) is 8.20. The van der Waals surface area contributed by atoms with Crippen LogP contribution in [0.15, 0.2) is 18.3 Å². The lowest BCUT2D eigenvalue weighted by Gasteiger charge is -2.42. The van der Waals surface area contributed by atoms with Crippen molar-refractivity contribution in [2.45, 2.75) is 26.3 Å². The number of rotatable bonds is 6. The van der Waals surface area contributed by atoms with Crippen LogP contribution in [-0.2, 0) is 0 Å². The smallest absolute Gasteiger partial charge is 0.259 e. The Kier molecular flexibility index (Phi) is 6.36. The summed E-state index contributed by atoms with van der Waals surface area (Å²) in [5.41, 5.74) is 0.495. The quantitative estimate of drug-likeness (QED) is 0.854. The van der Waals surface area contributed by atoms with Crippen molar-refractivity contribution >= 4 is 5.91 Å². The van der Waals surface area contributed by atoms with Crippen molar-refractivity contribution < 1.29 is 14.6 Å². The fourth-order valence-corrected chi connectivity index (χ4v) is 3.10. The van der Waals surface area contributed by atoms with E-state index in [1.807, 2.05) is 4.90 Å². The second-order valence-corrected chi connectivity index (χ2v) is 6.37. The summed E-state index contributed by atoms with van der Waals surface area (Å²) >= 11 is 0. The van der Waals surface area contributed by atoms with Crippen LogP contribution in [0.3, 0.4) is 0 Å². The third kappa shape index (κ3) is 4.42. The number of aliphatic hydroxyl groups is 1. The summed E-state index contributed by atoms with van der Waals surface area (Å²) in [4.78, 5) is 21.1. The molecule has 2 heterocycles. The Morgan fingerprint density at radius 2 is 2.26 bits per heavy atom. The largest absolute Gasteiger partial charge is 0.480 e. The number of amides is 1. The molecule has 1 aromatic heterocycles. The van der Waals surface area contributed by atoms with Crippen LogP contribution in [0.2, 0.25) is 0 Å². The lowest BCUT2D eigenvalue weighted by Crippen LogP contribution is -2.55. The SMILES string of the molecule is COc1ncccc1C(=O)N1CCN(CC(C)C)[C@H](CCO)C1. The van der Waals surface area contributed by atoms with Crippen molar-refractivity contribution in [2.24, 2.45) is 5.92 Å². The van der Waals surface area contributed by atoms with E-state index in [2.05, 4.69) is 23.7 Å². The Morgan fingerprint density at radius 1 is 1.48 bits per heavy atom. The number of aliphatic hydroxyl groups excluding tert-OH is 1. The molecule has 1 aromatic rings. The van der Waals surface area contributed by atoms with E-state index >= 15 is 0 Å². The van der Waals surface area contributed by atoms with Gasteiger partial charge in [0.15, 0.2) is 0 Å². The molecule has 0 aliphatic carbocycles. The topological polar surface area (TPSA) is 65.9 Å². The van der Waals surface area contributed by atoms with Crippen molar-refractivity contribution in [1.29, 1.82) is 0 Å². The second-order valence-electron chi connectivity index (χ2n) is 6.37. The number of nitrogens with zero attached hydrogens (tertiary/aromatic N) is 3. The number of hydrogen-bond donors (Lipinski definition) is 1. The molecule has 1 saturated heterocycles. The average Bonchev–Trinajstić information content (AvgIpc) is 2.55. The summed E-state index contributed by atoms with van der Waals surface area (Å²) < 4.78 is 5.20. The van der Waals surface area contributed by atoms with Gasteiger partial charge in [-0.25, -0.2) is 4.98 Å². The zero-order valence-corrected chi connectivity index (χ0v) is 14.2. The summed E-state index contributed by atoms with van der Waals surface area (Å²) in [6.07, 6.45) is 2.30. The molecule has 0 spiro atoms. The van der Waals surface area contributed by atoms with Crippen LogP contribution in [0, 0.1) is 5.92 Å². The summed E-state index contributed by atoms with van der Waals surface area (Å²) in [5, 5.41) is 9.33. The van der Waals surface area contributed by atoms with Crippen LogP contribution >= 0.6 is 0 Å². The summed E-state index contributed by atoms with van der Waals surface area (Å²) in [7, 11) is 1.52. The third-order valence-electron chi connectivity index (χ3n) is 4.15. The number of aromatic nitrogens is 1. The molecule has 1 aliphatic heterocycles. The minimum atomic E-state index is -0.0536. The van der Waals surface area contributed by atoms with Crippen molar-refractivity contribution in [3.63, 3.8) is 0 Å². The van der Waals surface area contributed by atoms with Crippen LogP contribution in [-0.4, -0.2) is 71.7 Å². The second kappa shape index (κ2) is 8.26. The summed E-state index contributed by atoms with van der Waals surface area (Å²) in [5.74, 6) is 0.875. The highest BCUT2D eigenvalue weighted by Crippen LogP contribution is 2.20. The molecule has 1 atom stereocenters. The van der Waals surface area contributed by atoms with Crippen LogP contribution in [0.1, 0.15) is 30.6 Å². The molecule has 0 bridgehead atoms. The van der Waals surface area contributed by atoms with Gasteiger partial charge in [-0.15, -0.1) is 0 Å². The molecule has 0 saturated carbocycles. The van der Waals surface area contributed by atoms with Gasteiger partial charge < -0.3 is 14.7 Å². The summed E-state index contributed by atoms with van der Waals surface area (Å²) in [6.45, 7) is 7.65. The Hall–Kier alpha value is -1.66. The first-order valence-corrected chi connectivity index (χ1v) is 8.20. The Bertz CT molecular complexity index is 522. The molecule has 128 valence electrons. The molecule has 1 N–H and O–H groups in total. The first-order chi connectivity index (χ1) is 11.1. The highest BCUT2D eigenvalue weighted by molar-refractivity contribution is 5.96. The fraction of sp³-hybridized carbons (Fsp3) is 0.647. The zero-order chi connectivity index (χ0) is 16.8. The zero-order valence-electron chi connectivity index (χ0n) is 14.2.